The van der Waals surface area contributed by atoms with Gasteiger partial charge in [-0.3, -0.25) is 0 Å². The molecule has 0 atom stereocenters. The lowest BCUT2D eigenvalue weighted by Crippen LogP contribution is -2.20. The van der Waals surface area contributed by atoms with Gasteiger partial charge in [-0.25, -0.2) is 13.1 Å². The maximum Gasteiger partial charge on any atom is 0.244 e. The summed E-state index contributed by atoms with van der Waals surface area (Å²) in [4.78, 5) is 0.0357. The molecule has 0 aliphatic carbocycles. The summed E-state index contributed by atoms with van der Waals surface area (Å²) >= 11 is 0. The van der Waals surface area contributed by atoms with E-state index in [9.17, 15) is 8.42 Å². The van der Waals surface area contributed by atoms with Gasteiger partial charge in [-0.05, 0) is 31.7 Å². The van der Waals surface area contributed by atoms with E-state index in [4.69, 9.17) is 15.2 Å². The van der Waals surface area contributed by atoms with E-state index < -0.39 is 10.0 Å². The molecule has 0 aliphatic heterocycles. The van der Waals surface area contributed by atoms with Crippen LogP contribution < -0.4 is 15.2 Å². The molecule has 1 aromatic carbocycles. The van der Waals surface area contributed by atoms with Gasteiger partial charge in [0.1, 0.15) is 17.3 Å². The van der Waals surface area contributed by atoms with Gasteiger partial charge in [0, 0.05) is 12.3 Å². The minimum absolute atomic E-state index is 0.0357. The predicted molar refractivity (Wildman–Crippen MR) is 78.3 cm³/mol. The fourth-order valence-electron chi connectivity index (χ4n) is 1.52. The highest BCUT2D eigenvalue weighted by Crippen LogP contribution is 2.25. The van der Waals surface area contributed by atoms with Crippen LogP contribution >= 0.6 is 0 Å². The van der Waals surface area contributed by atoms with Gasteiger partial charge in [-0.15, -0.1) is 0 Å². The maximum atomic E-state index is 11.9. The van der Waals surface area contributed by atoms with Gasteiger partial charge in [0.15, 0.2) is 0 Å². The van der Waals surface area contributed by atoms with E-state index in [2.05, 4.69) is 11.6 Å². The van der Waals surface area contributed by atoms with Gasteiger partial charge in [-0.2, -0.15) is 0 Å². The molecule has 1 aromatic rings. The molecule has 0 radical (unpaired) electrons. The molecule has 1 rings (SSSR count). The zero-order valence-corrected chi connectivity index (χ0v) is 12.7. The highest BCUT2D eigenvalue weighted by atomic mass is 32.2. The summed E-state index contributed by atoms with van der Waals surface area (Å²) in [6.45, 7) is 3.48. The summed E-state index contributed by atoms with van der Waals surface area (Å²) in [5, 5.41) is 0. The topological polar surface area (TPSA) is 90.7 Å². The molecular formula is C13H22N2O4S. The van der Waals surface area contributed by atoms with Crippen molar-refractivity contribution in [3.63, 3.8) is 0 Å². The first kappa shape index (κ1) is 16.7. The van der Waals surface area contributed by atoms with Crippen molar-refractivity contribution < 1.29 is 17.9 Å². The Balaban J connectivity index is 2.66. The molecule has 0 amide bonds. The number of hydrogen-bond acceptors (Lipinski definition) is 5. The van der Waals surface area contributed by atoms with Crippen LogP contribution in [0.3, 0.4) is 0 Å². The lowest BCUT2D eigenvalue weighted by molar-refractivity contribution is 0.0971. The zero-order chi connectivity index (χ0) is 15.0. The van der Waals surface area contributed by atoms with Crippen LogP contribution in [0.4, 0.5) is 5.69 Å². The molecule has 6 nitrogen and oxygen atoms in total. The minimum Gasteiger partial charge on any atom is -0.490 e. The van der Waals surface area contributed by atoms with Gasteiger partial charge in [0.25, 0.3) is 0 Å². The van der Waals surface area contributed by atoms with Crippen molar-refractivity contribution in [1.29, 1.82) is 0 Å². The molecule has 0 fully saturated rings. The fraction of sp³-hybridized carbons (Fsp3) is 0.538. The zero-order valence-electron chi connectivity index (χ0n) is 11.9. The molecule has 0 saturated heterocycles. The van der Waals surface area contributed by atoms with Gasteiger partial charge in [0.05, 0.1) is 6.61 Å². The Labute approximate surface area is 120 Å². The van der Waals surface area contributed by atoms with Gasteiger partial charge >= 0.3 is 0 Å². The standard InChI is InChI=1S/C13H22N2O4S/c1-3-4-7-18-8-9-19-12-6-5-11(14)10-13(12)20(16,17)15-2/h5-6,10,15H,3-4,7-9,14H2,1-2H3. The van der Waals surface area contributed by atoms with Crippen LogP contribution in [-0.4, -0.2) is 35.3 Å². The molecule has 0 saturated carbocycles. The number of ether oxygens (including phenoxy) is 2. The SMILES string of the molecule is CCCCOCCOc1ccc(N)cc1S(=O)(=O)NC. The molecule has 0 aliphatic rings. The lowest BCUT2D eigenvalue weighted by atomic mass is 10.3. The largest absolute Gasteiger partial charge is 0.490 e. The average Bonchev–Trinajstić information content (AvgIpc) is 2.44. The second kappa shape index (κ2) is 8.08. The Bertz CT molecular complexity index is 517. The van der Waals surface area contributed by atoms with Crippen LogP contribution in [0.25, 0.3) is 0 Å². The first-order chi connectivity index (χ1) is 9.51. The van der Waals surface area contributed by atoms with E-state index in [-0.39, 0.29) is 10.6 Å². The van der Waals surface area contributed by atoms with E-state index in [1.165, 1.54) is 13.1 Å². The summed E-state index contributed by atoms with van der Waals surface area (Å²) in [5.74, 6) is 0.271. The van der Waals surface area contributed by atoms with Crippen LogP contribution in [0.2, 0.25) is 0 Å². The maximum absolute atomic E-state index is 11.9. The van der Waals surface area contributed by atoms with Crippen molar-refractivity contribution in [1.82, 2.24) is 4.72 Å². The highest BCUT2D eigenvalue weighted by Gasteiger charge is 2.18. The molecule has 3 N–H and O–H groups in total. The van der Waals surface area contributed by atoms with Crippen LogP contribution in [0, 0.1) is 0 Å². The van der Waals surface area contributed by atoms with Crippen molar-refractivity contribution in [2.45, 2.75) is 24.7 Å². The molecule has 20 heavy (non-hydrogen) atoms. The Kier molecular flexibility index (Phi) is 6.77. The molecule has 0 bridgehead atoms. The van der Waals surface area contributed by atoms with E-state index in [1.807, 2.05) is 0 Å². The van der Waals surface area contributed by atoms with Gasteiger partial charge < -0.3 is 15.2 Å². The molecule has 0 heterocycles. The molecule has 0 spiro atoms. The first-order valence-electron chi connectivity index (χ1n) is 6.55. The van der Waals surface area contributed by atoms with Crippen LogP contribution in [0.1, 0.15) is 19.8 Å². The Hall–Kier alpha value is -1.31. The minimum atomic E-state index is -3.60. The van der Waals surface area contributed by atoms with Crippen molar-refractivity contribution in [3.05, 3.63) is 18.2 Å². The third-order valence-corrected chi connectivity index (χ3v) is 4.09. The number of rotatable bonds is 9. The van der Waals surface area contributed by atoms with Crippen molar-refractivity contribution >= 4 is 15.7 Å². The fourth-order valence-corrected chi connectivity index (χ4v) is 2.43. The molecule has 114 valence electrons. The van der Waals surface area contributed by atoms with Crippen molar-refractivity contribution in [3.8, 4) is 5.75 Å². The Morgan fingerprint density at radius 1 is 1.25 bits per heavy atom. The van der Waals surface area contributed by atoms with E-state index in [0.29, 0.717) is 25.5 Å². The third kappa shape index (κ3) is 4.99. The monoisotopic (exact) mass is 302 g/mol. The number of anilines is 1. The van der Waals surface area contributed by atoms with E-state index in [0.717, 1.165) is 12.8 Å². The number of nitrogen functional groups attached to an aromatic ring is 1. The lowest BCUT2D eigenvalue weighted by Gasteiger charge is -2.12. The summed E-state index contributed by atoms with van der Waals surface area (Å²) < 4.78 is 36.8. The second-order valence-electron chi connectivity index (χ2n) is 4.23. The predicted octanol–water partition coefficient (Wildman–Crippen LogP) is 1.37. The second-order valence-corrected chi connectivity index (χ2v) is 6.08. The van der Waals surface area contributed by atoms with Crippen LogP contribution in [0.15, 0.2) is 23.1 Å². The number of benzene rings is 1. The number of unbranched alkanes of at least 4 members (excludes halogenated alkanes) is 1. The van der Waals surface area contributed by atoms with Crippen molar-refractivity contribution in [2.75, 3.05) is 32.6 Å². The van der Waals surface area contributed by atoms with Gasteiger partial charge in [0.2, 0.25) is 10.0 Å². The van der Waals surface area contributed by atoms with Crippen LogP contribution in [-0.2, 0) is 14.8 Å². The summed E-state index contributed by atoms with van der Waals surface area (Å²) in [6.07, 6.45) is 2.07. The molecular weight excluding hydrogens is 280 g/mol. The summed E-state index contributed by atoms with van der Waals surface area (Å²) in [7, 11) is -2.26. The van der Waals surface area contributed by atoms with Crippen molar-refractivity contribution in [2.24, 2.45) is 0 Å². The number of sulfonamides is 1. The first-order valence-corrected chi connectivity index (χ1v) is 8.03. The highest BCUT2D eigenvalue weighted by molar-refractivity contribution is 7.89. The summed E-state index contributed by atoms with van der Waals surface area (Å²) in [5.41, 5.74) is 5.98. The van der Waals surface area contributed by atoms with E-state index >= 15 is 0 Å². The number of hydrogen-bond donors (Lipinski definition) is 2. The number of nitrogens with one attached hydrogen (secondary N) is 1. The van der Waals surface area contributed by atoms with E-state index in [1.54, 1.807) is 12.1 Å². The number of nitrogens with two attached hydrogens (primary N) is 1. The summed E-state index contributed by atoms with van der Waals surface area (Å²) in [6, 6.07) is 4.52. The quantitative estimate of drug-likeness (QED) is 0.531. The molecule has 0 aromatic heterocycles. The average molecular weight is 302 g/mol. The molecule has 0 unspecified atom stereocenters. The van der Waals surface area contributed by atoms with Gasteiger partial charge in [-0.1, -0.05) is 13.3 Å². The Morgan fingerprint density at radius 3 is 2.65 bits per heavy atom. The van der Waals surface area contributed by atoms with Crippen LogP contribution in [0.5, 0.6) is 5.75 Å². The smallest absolute Gasteiger partial charge is 0.244 e. The third-order valence-electron chi connectivity index (χ3n) is 2.65. The normalized spacial score (nSPS) is 11.5. The molecule has 7 heteroatoms. The Morgan fingerprint density at radius 2 is 2.00 bits per heavy atom.